The molecule has 0 N–H and O–H groups in total. The Morgan fingerprint density at radius 2 is 1.76 bits per heavy atom. The van der Waals surface area contributed by atoms with Crippen LogP contribution >= 0.6 is 11.6 Å². The van der Waals surface area contributed by atoms with Crippen LogP contribution in [0.25, 0.3) is 0 Å². The summed E-state index contributed by atoms with van der Waals surface area (Å²) in [6.45, 7) is 2.33. The lowest BCUT2D eigenvalue weighted by molar-refractivity contribution is -0.0117. The summed E-state index contributed by atoms with van der Waals surface area (Å²) in [4.78, 5) is 2.16. The third-order valence-corrected chi connectivity index (χ3v) is 4.58. The molecule has 3 heteroatoms. The number of anilines is 1. The maximum atomic E-state index is 6.33. The summed E-state index contributed by atoms with van der Waals surface area (Å²) in [6, 6.07) is 7.90. The van der Waals surface area contributed by atoms with Crippen molar-refractivity contribution in [3.63, 3.8) is 0 Å². The summed E-state index contributed by atoms with van der Waals surface area (Å²) < 4.78 is 6.33. The zero-order valence-corrected chi connectivity index (χ0v) is 13.2. The van der Waals surface area contributed by atoms with Crippen LogP contribution in [0, 0.1) is 5.92 Å². The van der Waals surface area contributed by atoms with Gasteiger partial charge in [-0.1, -0.05) is 24.6 Å². The minimum atomic E-state index is -0.0189. The van der Waals surface area contributed by atoms with Gasteiger partial charge in [0.2, 0.25) is 0 Å². The number of rotatable bonds is 3. The van der Waals surface area contributed by atoms with E-state index >= 15 is 0 Å². The van der Waals surface area contributed by atoms with E-state index in [1.54, 1.807) is 0 Å². The van der Waals surface area contributed by atoms with Gasteiger partial charge < -0.3 is 9.64 Å². The molecule has 1 atom stereocenters. The van der Waals surface area contributed by atoms with Crippen molar-refractivity contribution in [3.05, 3.63) is 53.7 Å². The summed E-state index contributed by atoms with van der Waals surface area (Å²) in [5, 5.41) is 0.758. The molecule has 112 valence electrons. The van der Waals surface area contributed by atoms with Gasteiger partial charge in [0.25, 0.3) is 0 Å². The van der Waals surface area contributed by atoms with Gasteiger partial charge in [0.05, 0.1) is 6.10 Å². The number of hydrogen-bond donors (Lipinski definition) is 0. The van der Waals surface area contributed by atoms with E-state index in [0.717, 1.165) is 16.6 Å². The fourth-order valence-electron chi connectivity index (χ4n) is 3.00. The number of ether oxygens (including phenoxy) is 1. The number of halogens is 1. The second-order valence-electron chi connectivity index (χ2n) is 6.02. The predicted octanol–water partition coefficient (Wildman–Crippen LogP) is 5.15. The maximum Gasteiger partial charge on any atom is 0.153 e. The van der Waals surface area contributed by atoms with E-state index in [0.29, 0.717) is 6.10 Å². The van der Waals surface area contributed by atoms with E-state index in [1.165, 1.54) is 25.7 Å². The second kappa shape index (κ2) is 6.67. The van der Waals surface area contributed by atoms with Crippen molar-refractivity contribution in [2.75, 3.05) is 4.90 Å². The van der Waals surface area contributed by atoms with Crippen LogP contribution in [-0.2, 0) is 4.74 Å². The Labute approximate surface area is 132 Å². The molecule has 0 spiro atoms. The van der Waals surface area contributed by atoms with Crippen LogP contribution in [0.3, 0.4) is 0 Å². The van der Waals surface area contributed by atoms with Crippen LogP contribution < -0.4 is 4.90 Å². The van der Waals surface area contributed by atoms with Gasteiger partial charge in [-0.3, -0.25) is 0 Å². The highest BCUT2D eigenvalue weighted by Gasteiger charge is 2.24. The molecule has 1 aromatic carbocycles. The molecule has 1 saturated carbocycles. The maximum absolute atomic E-state index is 6.33. The van der Waals surface area contributed by atoms with E-state index < -0.39 is 0 Å². The molecule has 0 aromatic heterocycles. The smallest absolute Gasteiger partial charge is 0.153 e. The molecular weight excluding hydrogens is 282 g/mol. The number of allylic oxidation sites excluding steroid dienone is 2. The van der Waals surface area contributed by atoms with Crippen LogP contribution in [0.15, 0.2) is 48.7 Å². The Hall–Kier alpha value is -1.25. The molecule has 21 heavy (non-hydrogen) atoms. The van der Waals surface area contributed by atoms with Crippen molar-refractivity contribution < 1.29 is 4.74 Å². The van der Waals surface area contributed by atoms with Crippen molar-refractivity contribution in [2.45, 2.75) is 44.9 Å². The van der Waals surface area contributed by atoms with E-state index in [4.69, 9.17) is 16.3 Å². The molecule has 1 unspecified atom stereocenters. The van der Waals surface area contributed by atoms with E-state index in [2.05, 4.69) is 30.2 Å². The van der Waals surface area contributed by atoms with E-state index in [9.17, 15) is 0 Å². The summed E-state index contributed by atoms with van der Waals surface area (Å²) in [5.74, 6) is 0.846. The molecule has 1 aromatic rings. The quantitative estimate of drug-likeness (QED) is 0.765. The monoisotopic (exact) mass is 303 g/mol. The molecule has 1 aliphatic carbocycles. The average molecular weight is 304 g/mol. The lowest BCUT2D eigenvalue weighted by Crippen LogP contribution is -2.37. The molecule has 1 aliphatic heterocycles. The second-order valence-corrected chi connectivity index (χ2v) is 6.46. The third-order valence-electron chi connectivity index (χ3n) is 4.33. The lowest BCUT2D eigenvalue weighted by Gasteiger charge is -2.35. The van der Waals surface area contributed by atoms with Gasteiger partial charge in [0, 0.05) is 16.9 Å². The molecule has 0 bridgehead atoms. The Kier molecular flexibility index (Phi) is 4.67. The zero-order chi connectivity index (χ0) is 14.7. The van der Waals surface area contributed by atoms with Crippen molar-refractivity contribution in [2.24, 2.45) is 5.92 Å². The first-order valence-electron chi connectivity index (χ1n) is 7.77. The van der Waals surface area contributed by atoms with Crippen LogP contribution in [0.1, 0.15) is 32.6 Å². The van der Waals surface area contributed by atoms with Crippen LogP contribution in [-0.4, -0.2) is 12.3 Å². The first-order chi connectivity index (χ1) is 10.2. The molecule has 2 nitrogen and oxygen atoms in total. The van der Waals surface area contributed by atoms with Crippen LogP contribution in [0.4, 0.5) is 5.69 Å². The minimum Gasteiger partial charge on any atom is -0.351 e. The van der Waals surface area contributed by atoms with Gasteiger partial charge >= 0.3 is 0 Å². The topological polar surface area (TPSA) is 12.5 Å². The van der Waals surface area contributed by atoms with Gasteiger partial charge in [-0.05, 0) is 68.0 Å². The molecule has 1 heterocycles. The third kappa shape index (κ3) is 3.69. The summed E-state index contributed by atoms with van der Waals surface area (Å²) >= 11 is 5.97. The summed E-state index contributed by atoms with van der Waals surface area (Å²) in [7, 11) is 0. The van der Waals surface area contributed by atoms with Crippen LogP contribution in [0.2, 0.25) is 5.02 Å². The fraction of sp³-hybridized carbons (Fsp3) is 0.444. The van der Waals surface area contributed by atoms with Gasteiger partial charge in [0.1, 0.15) is 0 Å². The predicted molar refractivity (Wildman–Crippen MR) is 88.5 cm³/mol. The number of nitrogens with zero attached hydrogens (tertiary/aromatic N) is 1. The van der Waals surface area contributed by atoms with Gasteiger partial charge in [-0.25, -0.2) is 0 Å². The minimum absolute atomic E-state index is 0.0189. The summed E-state index contributed by atoms with van der Waals surface area (Å²) in [5.41, 5.74) is 1.11. The van der Waals surface area contributed by atoms with Crippen molar-refractivity contribution in [1.29, 1.82) is 0 Å². The van der Waals surface area contributed by atoms with Gasteiger partial charge in [0.15, 0.2) is 6.23 Å². The van der Waals surface area contributed by atoms with E-state index in [1.807, 2.05) is 30.3 Å². The highest BCUT2D eigenvalue weighted by atomic mass is 35.5. The largest absolute Gasteiger partial charge is 0.351 e. The molecule has 3 rings (SSSR count). The van der Waals surface area contributed by atoms with E-state index in [-0.39, 0.29) is 6.23 Å². The normalized spacial score (nSPS) is 28.9. The SMILES string of the molecule is C[C@H]1CC[C@H](OC2C=CC=CN2c2ccc(Cl)cc2)CC1. The fourth-order valence-corrected chi connectivity index (χ4v) is 3.13. The highest BCUT2D eigenvalue weighted by Crippen LogP contribution is 2.29. The average Bonchev–Trinajstić information content (AvgIpc) is 2.51. The zero-order valence-electron chi connectivity index (χ0n) is 12.4. The first-order valence-corrected chi connectivity index (χ1v) is 8.14. The first kappa shape index (κ1) is 14.7. The van der Waals surface area contributed by atoms with Gasteiger partial charge in [-0.15, -0.1) is 0 Å². The van der Waals surface area contributed by atoms with Crippen molar-refractivity contribution in [1.82, 2.24) is 0 Å². The summed E-state index contributed by atoms with van der Waals surface area (Å²) in [6.07, 6.45) is 13.5. The Balaban J connectivity index is 1.69. The van der Waals surface area contributed by atoms with Crippen LogP contribution in [0.5, 0.6) is 0 Å². The number of hydrogen-bond acceptors (Lipinski definition) is 2. The molecule has 0 amide bonds. The molecule has 1 fully saturated rings. The molecule has 2 aliphatic rings. The lowest BCUT2D eigenvalue weighted by atomic mass is 9.89. The Morgan fingerprint density at radius 1 is 1.05 bits per heavy atom. The Bertz CT molecular complexity index is 515. The standard InChI is InChI=1S/C18H22ClNO/c1-14-5-11-17(12-6-14)21-18-4-2-3-13-20(18)16-9-7-15(19)8-10-16/h2-4,7-10,13-14,17-18H,5-6,11-12H2,1H3/t14-,17-,18?. The Morgan fingerprint density at radius 3 is 2.48 bits per heavy atom. The molecule has 0 saturated heterocycles. The molecule has 0 radical (unpaired) electrons. The number of benzene rings is 1. The molecular formula is C18H22ClNO. The van der Waals surface area contributed by atoms with Crippen molar-refractivity contribution in [3.8, 4) is 0 Å². The van der Waals surface area contributed by atoms with Crippen molar-refractivity contribution >= 4 is 17.3 Å². The van der Waals surface area contributed by atoms with Gasteiger partial charge in [-0.2, -0.15) is 0 Å². The highest BCUT2D eigenvalue weighted by molar-refractivity contribution is 6.30.